The van der Waals surface area contributed by atoms with Gasteiger partial charge in [-0.05, 0) is 28.2 Å². The standard InChI is InChI=1S/C14H10BNO2/c16-8-10-4-1-2-6-12(10)13-7-3-5-11-9-18-15(17)14(11)13/h1-7,17H,9H2. The number of rotatable bonds is 1. The van der Waals surface area contributed by atoms with Crippen molar-refractivity contribution in [3.05, 3.63) is 53.6 Å². The summed E-state index contributed by atoms with van der Waals surface area (Å²) in [6.45, 7) is 0.416. The van der Waals surface area contributed by atoms with Crippen LogP contribution in [-0.4, -0.2) is 12.1 Å². The number of fused-ring (bicyclic) bond motifs is 1. The van der Waals surface area contributed by atoms with E-state index in [2.05, 4.69) is 6.07 Å². The summed E-state index contributed by atoms with van der Waals surface area (Å²) < 4.78 is 5.23. The first-order valence-corrected chi connectivity index (χ1v) is 5.72. The fourth-order valence-corrected chi connectivity index (χ4v) is 2.33. The second kappa shape index (κ2) is 4.30. The number of hydrogen-bond acceptors (Lipinski definition) is 3. The van der Waals surface area contributed by atoms with E-state index < -0.39 is 7.12 Å². The third-order valence-corrected chi connectivity index (χ3v) is 3.18. The summed E-state index contributed by atoms with van der Waals surface area (Å²) >= 11 is 0. The lowest BCUT2D eigenvalue weighted by Gasteiger charge is -2.09. The van der Waals surface area contributed by atoms with E-state index in [4.69, 9.17) is 9.92 Å². The summed E-state index contributed by atoms with van der Waals surface area (Å²) in [6, 6.07) is 15.3. The monoisotopic (exact) mass is 235 g/mol. The molecule has 0 unspecified atom stereocenters. The number of nitrogens with zero attached hydrogens (tertiary/aromatic N) is 1. The molecular weight excluding hydrogens is 225 g/mol. The predicted molar refractivity (Wildman–Crippen MR) is 69.0 cm³/mol. The first-order valence-electron chi connectivity index (χ1n) is 5.72. The fourth-order valence-electron chi connectivity index (χ4n) is 2.33. The third-order valence-electron chi connectivity index (χ3n) is 3.18. The van der Waals surface area contributed by atoms with Crippen molar-refractivity contribution in [1.82, 2.24) is 0 Å². The Labute approximate surface area is 105 Å². The molecule has 1 aliphatic rings. The van der Waals surface area contributed by atoms with Crippen LogP contribution in [0.15, 0.2) is 42.5 Å². The van der Waals surface area contributed by atoms with Gasteiger partial charge in [0.15, 0.2) is 0 Å². The highest BCUT2D eigenvalue weighted by atomic mass is 16.5. The van der Waals surface area contributed by atoms with Crippen molar-refractivity contribution in [2.24, 2.45) is 0 Å². The van der Waals surface area contributed by atoms with Crippen LogP contribution in [0.25, 0.3) is 11.1 Å². The molecule has 0 aromatic heterocycles. The molecule has 0 atom stereocenters. The maximum atomic E-state index is 9.88. The molecule has 18 heavy (non-hydrogen) atoms. The fraction of sp³-hybridized carbons (Fsp3) is 0.0714. The van der Waals surface area contributed by atoms with E-state index in [-0.39, 0.29) is 0 Å². The Kier molecular flexibility index (Phi) is 2.64. The van der Waals surface area contributed by atoms with Crippen molar-refractivity contribution in [2.45, 2.75) is 6.61 Å². The van der Waals surface area contributed by atoms with Gasteiger partial charge in [0.1, 0.15) is 0 Å². The number of hydrogen-bond donors (Lipinski definition) is 1. The lowest BCUT2D eigenvalue weighted by molar-refractivity contribution is 0.275. The average Bonchev–Trinajstić information content (AvgIpc) is 2.81. The Bertz CT molecular complexity index is 648. The largest absolute Gasteiger partial charge is 0.492 e. The highest BCUT2D eigenvalue weighted by Crippen LogP contribution is 2.25. The van der Waals surface area contributed by atoms with E-state index in [1.807, 2.05) is 36.4 Å². The third kappa shape index (κ3) is 1.61. The zero-order chi connectivity index (χ0) is 12.5. The molecule has 0 saturated heterocycles. The van der Waals surface area contributed by atoms with Crippen molar-refractivity contribution in [3.63, 3.8) is 0 Å². The first kappa shape index (κ1) is 11.0. The minimum absolute atomic E-state index is 0.416. The number of nitriles is 1. The van der Waals surface area contributed by atoms with Gasteiger partial charge in [-0.3, -0.25) is 0 Å². The van der Waals surface area contributed by atoms with Crippen LogP contribution in [0.5, 0.6) is 0 Å². The van der Waals surface area contributed by atoms with Gasteiger partial charge in [-0.2, -0.15) is 5.26 Å². The summed E-state index contributed by atoms with van der Waals surface area (Å²) in [5, 5.41) is 19.0. The van der Waals surface area contributed by atoms with Gasteiger partial charge in [0.25, 0.3) is 0 Å². The molecule has 2 aromatic rings. The maximum absolute atomic E-state index is 9.88. The molecule has 3 nitrogen and oxygen atoms in total. The molecule has 1 aliphatic heterocycles. The molecule has 0 aliphatic carbocycles. The summed E-state index contributed by atoms with van der Waals surface area (Å²) in [7, 11) is -0.900. The van der Waals surface area contributed by atoms with Crippen molar-refractivity contribution in [2.75, 3.05) is 0 Å². The highest BCUT2D eigenvalue weighted by Gasteiger charge is 2.30. The molecule has 0 spiro atoms. The Balaban J connectivity index is 2.25. The lowest BCUT2D eigenvalue weighted by atomic mass is 9.74. The normalized spacial score (nSPS) is 13.2. The van der Waals surface area contributed by atoms with Gasteiger partial charge in [-0.25, -0.2) is 0 Å². The van der Waals surface area contributed by atoms with Crippen LogP contribution >= 0.6 is 0 Å². The molecule has 4 heteroatoms. The zero-order valence-electron chi connectivity index (χ0n) is 9.63. The van der Waals surface area contributed by atoms with E-state index in [0.29, 0.717) is 12.2 Å². The van der Waals surface area contributed by atoms with Gasteiger partial charge in [-0.15, -0.1) is 0 Å². The lowest BCUT2D eigenvalue weighted by Crippen LogP contribution is -2.30. The molecule has 2 aromatic carbocycles. The van der Waals surface area contributed by atoms with Gasteiger partial charge in [0.2, 0.25) is 0 Å². The molecule has 86 valence electrons. The van der Waals surface area contributed by atoms with Crippen LogP contribution < -0.4 is 5.46 Å². The first-order chi connectivity index (χ1) is 8.81. The van der Waals surface area contributed by atoms with Crippen LogP contribution in [0.4, 0.5) is 0 Å². The van der Waals surface area contributed by atoms with E-state index >= 15 is 0 Å². The second-order valence-electron chi connectivity index (χ2n) is 4.20. The van der Waals surface area contributed by atoms with Crippen LogP contribution in [0, 0.1) is 11.3 Å². The molecule has 3 rings (SSSR count). The molecule has 0 amide bonds. The molecule has 1 heterocycles. The minimum atomic E-state index is -0.900. The van der Waals surface area contributed by atoms with E-state index in [1.54, 1.807) is 6.07 Å². The average molecular weight is 235 g/mol. The zero-order valence-corrected chi connectivity index (χ0v) is 9.63. The maximum Gasteiger partial charge on any atom is 0.492 e. The van der Waals surface area contributed by atoms with Gasteiger partial charge < -0.3 is 9.68 Å². The van der Waals surface area contributed by atoms with Gasteiger partial charge in [0, 0.05) is 0 Å². The SMILES string of the molecule is N#Cc1ccccc1-c1cccc2c1B(O)OC2. The Hall–Kier alpha value is -2.09. The van der Waals surface area contributed by atoms with Crippen LogP contribution in [0.2, 0.25) is 0 Å². The summed E-state index contributed by atoms with van der Waals surface area (Å²) in [5.74, 6) is 0. The molecular formula is C14H10BNO2. The molecule has 1 N–H and O–H groups in total. The Morgan fingerprint density at radius 3 is 2.72 bits per heavy atom. The van der Waals surface area contributed by atoms with Crippen molar-refractivity contribution in [1.29, 1.82) is 5.26 Å². The highest BCUT2D eigenvalue weighted by molar-refractivity contribution is 6.63. The summed E-state index contributed by atoms with van der Waals surface area (Å²) in [4.78, 5) is 0. The molecule has 0 radical (unpaired) electrons. The smallest absolute Gasteiger partial charge is 0.423 e. The predicted octanol–water partition coefficient (Wildman–Crippen LogP) is 1.44. The van der Waals surface area contributed by atoms with Crippen molar-refractivity contribution < 1.29 is 9.68 Å². The topological polar surface area (TPSA) is 53.2 Å². The summed E-state index contributed by atoms with van der Waals surface area (Å²) in [5.41, 5.74) is 4.06. The Morgan fingerprint density at radius 1 is 1.11 bits per heavy atom. The molecule has 0 saturated carbocycles. The van der Waals surface area contributed by atoms with Gasteiger partial charge >= 0.3 is 7.12 Å². The van der Waals surface area contributed by atoms with Gasteiger partial charge in [-0.1, -0.05) is 36.4 Å². The van der Waals surface area contributed by atoms with Crippen molar-refractivity contribution >= 4 is 12.6 Å². The van der Waals surface area contributed by atoms with Crippen LogP contribution in [-0.2, 0) is 11.3 Å². The van der Waals surface area contributed by atoms with E-state index in [9.17, 15) is 5.02 Å². The second-order valence-corrected chi connectivity index (χ2v) is 4.20. The minimum Gasteiger partial charge on any atom is -0.423 e. The quantitative estimate of drug-likeness (QED) is 0.761. The van der Waals surface area contributed by atoms with E-state index in [1.165, 1.54) is 0 Å². The molecule has 0 fully saturated rings. The van der Waals surface area contributed by atoms with Crippen LogP contribution in [0.1, 0.15) is 11.1 Å². The summed E-state index contributed by atoms with van der Waals surface area (Å²) in [6.07, 6.45) is 0. The number of benzene rings is 2. The van der Waals surface area contributed by atoms with Gasteiger partial charge in [0.05, 0.1) is 18.2 Å². The van der Waals surface area contributed by atoms with Crippen LogP contribution in [0.3, 0.4) is 0 Å². The molecule has 0 bridgehead atoms. The Morgan fingerprint density at radius 2 is 1.89 bits per heavy atom. The van der Waals surface area contributed by atoms with Crippen molar-refractivity contribution in [3.8, 4) is 17.2 Å². The van der Waals surface area contributed by atoms with E-state index in [0.717, 1.165) is 22.2 Å².